The summed E-state index contributed by atoms with van der Waals surface area (Å²) in [5, 5.41) is 7.03. The minimum absolute atomic E-state index is 0.494. The van der Waals surface area contributed by atoms with Crippen molar-refractivity contribution in [1.82, 2.24) is 5.32 Å². The van der Waals surface area contributed by atoms with Gasteiger partial charge in [0.05, 0.1) is 0 Å². The fourth-order valence-corrected chi connectivity index (χ4v) is 2.69. The first-order valence-electron chi connectivity index (χ1n) is 5.41. The van der Waals surface area contributed by atoms with Crippen molar-refractivity contribution < 1.29 is 0 Å². The van der Waals surface area contributed by atoms with E-state index in [0.717, 1.165) is 6.54 Å². The van der Waals surface area contributed by atoms with Crippen LogP contribution < -0.4 is 10.6 Å². The van der Waals surface area contributed by atoms with Crippen molar-refractivity contribution in [2.75, 3.05) is 25.0 Å². The van der Waals surface area contributed by atoms with Crippen LogP contribution in [0.1, 0.15) is 12.0 Å². The van der Waals surface area contributed by atoms with E-state index in [2.05, 4.69) is 34.9 Å². The molecule has 1 aromatic rings. The fourth-order valence-electron chi connectivity index (χ4n) is 2.69. The van der Waals surface area contributed by atoms with Gasteiger partial charge in [-0.2, -0.15) is 0 Å². The molecule has 0 aromatic heterocycles. The Morgan fingerprint density at radius 1 is 1.14 bits per heavy atom. The highest BCUT2D eigenvalue weighted by molar-refractivity contribution is 5.54. The van der Waals surface area contributed by atoms with Crippen molar-refractivity contribution in [3.05, 3.63) is 29.8 Å². The summed E-state index contributed by atoms with van der Waals surface area (Å²) in [6, 6.07) is 8.69. The van der Waals surface area contributed by atoms with Crippen LogP contribution in [0.2, 0.25) is 0 Å². The van der Waals surface area contributed by atoms with E-state index in [4.69, 9.17) is 0 Å². The quantitative estimate of drug-likeness (QED) is 0.646. The summed E-state index contributed by atoms with van der Waals surface area (Å²) in [4.78, 5) is 0. The number of hydrogen-bond donors (Lipinski definition) is 2. The van der Waals surface area contributed by atoms with E-state index in [1.165, 1.54) is 37.2 Å². The minimum atomic E-state index is 0.494. The largest absolute Gasteiger partial charge is 0.384 e. The van der Waals surface area contributed by atoms with E-state index in [1.54, 1.807) is 0 Å². The first-order valence-corrected chi connectivity index (χ1v) is 5.41. The standard InChI is InChI=1S/C12H16N2/c1-2-4-11-10(3-1)7-12(9-14-11)5-6-13-8-12/h1-4,13-14H,5-9H2. The van der Waals surface area contributed by atoms with E-state index in [0.29, 0.717) is 5.41 Å². The lowest BCUT2D eigenvalue weighted by atomic mass is 9.78. The lowest BCUT2D eigenvalue weighted by Crippen LogP contribution is -2.37. The molecule has 3 rings (SSSR count). The molecule has 2 aliphatic rings. The third-order valence-electron chi connectivity index (χ3n) is 3.57. The number of para-hydroxylation sites is 1. The average molecular weight is 188 g/mol. The van der Waals surface area contributed by atoms with Gasteiger partial charge in [-0.3, -0.25) is 0 Å². The Morgan fingerprint density at radius 3 is 2.93 bits per heavy atom. The Kier molecular flexibility index (Phi) is 1.77. The Morgan fingerprint density at radius 2 is 2.07 bits per heavy atom. The van der Waals surface area contributed by atoms with Crippen molar-refractivity contribution in [2.24, 2.45) is 5.41 Å². The average Bonchev–Trinajstić information content (AvgIpc) is 2.66. The van der Waals surface area contributed by atoms with Crippen molar-refractivity contribution in [3.8, 4) is 0 Å². The van der Waals surface area contributed by atoms with Gasteiger partial charge in [-0.1, -0.05) is 18.2 Å². The molecule has 2 N–H and O–H groups in total. The monoisotopic (exact) mass is 188 g/mol. The van der Waals surface area contributed by atoms with Gasteiger partial charge in [-0.05, 0) is 31.0 Å². The Bertz CT molecular complexity index is 340. The first-order chi connectivity index (χ1) is 6.88. The zero-order valence-corrected chi connectivity index (χ0v) is 8.34. The van der Waals surface area contributed by atoms with Crippen LogP contribution >= 0.6 is 0 Å². The SMILES string of the molecule is c1ccc2c(c1)CC1(CCNC1)CN2. The number of fused-ring (bicyclic) bond motifs is 1. The second-order valence-electron chi connectivity index (χ2n) is 4.61. The van der Waals surface area contributed by atoms with Gasteiger partial charge < -0.3 is 10.6 Å². The predicted octanol–water partition coefficient (Wildman–Crippen LogP) is 1.63. The second-order valence-corrected chi connectivity index (χ2v) is 4.61. The van der Waals surface area contributed by atoms with Gasteiger partial charge in [0.1, 0.15) is 0 Å². The maximum absolute atomic E-state index is 3.56. The van der Waals surface area contributed by atoms with Gasteiger partial charge in [0.2, 0.25) is 0 Å². The fraction of sp³-hybridized carbons (Fsp3) is 0.500. The molecule has 2 aliphatic heterocycles. The topological polar surface area (TPSA) is 24.1 Å². The zero-order chi connectivity index (χ0) is 9.43. The molecular weight excluding hydrogens is 172 g/mol. The summed E-state index contributed by atoms with van der Waals surface area (Å²) in [7, 11) is 0. The van der Waals surface area contributed by atoms with Crippen molar-refractivity contribution in [1.29, 1.82) is 0 Å². The lowest BCUT2D eigenvalue weighted by Gasteiger charge is -2.34. The van der Waals surface area contributed by atoms with Gasteiger partial charge in [-0.15, -0.1) is 0 Å². The van der Waals surface area contributed by atoms with E-state index in [1.807, 2.05) is 0 Å². The molecule has 0 bridgehead atoms. The van der Waals surface area contributed by atoms with Crippen LogP contribution in [0, 0.1) is 5.41 Å². The summed E-state index contributed by atoms with van der Waals surface area (Å²) in [6.07, 6.45) is 2.55. The molecule has 0 radical (unpaired) electrons. The number of benzene rings is 1. The van der Waals surface area contributed by atoms with Gasteiger partial charge in [0.15, 0.2) is 0 Å². The number of hydrogen-bond acceptors (Lipinski definition) is 2. The van der Waals surface area contributed by atoms with E-state index in [9.17, 15) is 0 Å². The second kappa shape index (κ2) is 2.99. The van der Waals surface area contributed by atoms with Crippen LogP contribution in [-0.2, 0) is 6.42 Å². The predicted molar refractivity (Wildman–Crippen MR) is 58.6 cm³/mol. The van der Waals surface area contributed by atoms with E-state index < -0.39 is 0 Å². The molecule has 1 saturated heterocycles. The molecule has 14 heavy (non-hydrogen) atoms. The number of rotatable bonds is 0. The summed E-state index contributed by atoms with van der Waals surface area (Å²) in [6.45, 7) is 3.50. The highest BCUT2D eigenvalue weighted by Gasteiger charge is 2.36. The summed E-state index contributed by atoms with van der Waals surface area (Å²) >= 11 is 0. The van der Waals surface area contributed by atoms with Crippen LogP contribution in [0.15, 0.2) is 24.3 Å². The normalized spacial score (nSPS) is 30.0. The molecule has 1 unspecified atom stereocenters. The summed E-state index contributed by atoms with van der Waals surface area (Å²) in [5.41, 5.74) is 3.32. The van der Waals surface area contributed by atoms with Crippen molar-refractivity contribution >= 4 is 5.69 Å². The van der Waals surface area contributed by atoms with Gasteiger partial charge >= 0.3 is 0 Å². The molecule has 2 heterocycles. The summed E-state index contributed by atoms with van der Waals surface area (Å²) < 4.78 is 0. The minimum Gasteiger partial charge on any atom is -0.384 e. The van der Waals surface area contributed by atoms with Crippen LogP contribution in [0.5, 0.6) is 0 Å². The van der Waals surface area contributed by atoms with E-state index in [-0.39, 0.29) is 0 Å². The molecule has 0 aliphatic carbocycles. The van der Waals surface area contributed by atoms with Crippen molar-refractivity contribution in [2.45, 2.75) is 12.8 Å². The molecular formula is C12H16N2. The number of nitrogens with one attached hydrogen (secondary N) is 2. The highest BCUT2D eigenvalue weighted by Crippen LogP contribution is 2.36. The molecule has 2 heteroatoms. The number of anilines is 1. The smallest absolute Gasteiger partial charge is 0.0373 e. The third-order valence-corrected chi connectivity index (χ3v) is 3.57. The zero-order valence-electron chi connectivity index (χ0n) is 8.34. The maximum atomic E-state index is 3.56. The maximum Gasteiger partial charge on any atom is 0.0373 e. The molecule has 74 valence electrons. The molecule has 1 fully saturated rings. The first kappa shape index (κ1) is 8.30. The molecule has 0 saturated carbocycles. The van der Waals surface area contributed by atoms with Crippen LogP contribution in [0.3, 0.4) is 0 Å². The molecule has 1 atom stereocenters. The van der Waals surface area contributed by atoms with Crippen LogP contribution in [0.4, 0.5) is 5.69 Å². The van der Waals surface area contributed by atoms with Gasteiger partial charge in [0.25, 0.3) is 0 Å². The molecule has 2 nitrogen and oxygen atoms in total. The molecule has 1 aromatic carbocycles. The molecule has 0 amide bonds. The van der Waals surface area contributed by atoms with E-state index >= 15 is 0 Å². The Balaban J connectivity index is 1.92. The van der Waals surface area contributed by atoms with Crippen molar-refractivity contribution in [3.63, 3.8) is 0 Å². The molecule has 1 spiro atoms. The van der Waals surface area contributed by atoms with Crippen LogP contribution in [-0.4, -0.2) is 19.6 Å². The van der Waals surface area contributed by atoms with Gasteiger partial charge in [-0.25, -0.2) is 0 Å². The highest BCUT2D eigenvalue weighted by atomic mass is 15.0. The summed E-state index contributed by atoms with van der Waals surface area (Å²) in [5.74, 6) is 0. The third kappa shape index (κ3) is 1.22. The lowest BCUT2D eigenvalue weighted by molar-refractivity contribution is 0.335. The van der Waals surface area contributed by atoms with Crippen LogP contribution in [0.25, 0.3) is 0 Å². The Hall–Kier alpha value is -1.02. The Labute approximate surface area is 84.7 Å². The van der Waals surface area contributed by atoms with Gasteiger partial charge in [0, 0.05) is 24.2 Å².